The van der Waals surface area contributed by atoms with E-state index in [0.29, 0.717) is 19.6 Å². The quantitative estimate of drug-likeness (QED) is 0.886. The number of nitrogens with one attached hydrogen (secondary N) is 1. The topological polar surface area (TPSA) is 73.2 Å². The maximum absolute atomic E-state index is 12.2. The van der Waals surface area contributed by atoms with E-state index in [0.717, 1.165) is 11.0 Å². The highest BCUT2D eigenvalue weighted by Crippen LogP contribution is 2.13. The monoisotopic (exact) mass is 277 g/mol. The van der Waals surface area contributed by atoms with E-state index in [4.69, 9.17) is 5.26 Å². The van der Waals surface area contributed by atoms with Crippen molar-refractivity contribution in [2.75, 3.05) is 19.6 Å². The normalized spacial score (nSPS) is 21.3. The second kappa shape index (κ2) is 5.97. The van der Waals surface area contributed by atoms with Crippen LogP contribution in [-0.4, -0.2) is 38.4 Å². The van der Waals surface area contributed by atoms with Crippen LogP contribution in [0.2, 0.25) is 0 Å². The van der Waals surface area contributed by atoms with Crippen LogP contribution in [0, 0.1) is 11.3 Å². The zero-order valence-corrected chi connectivity index (χ0v) is 11.2. The summed E-state index contributed by atoms with van der Waals surface area (Å²) in [6.07, 6.45) is 1.55. The van der Waals surface area contributed by atoms with Crippen molar-refractivity contribution in [3.8, 4) is 6.07 Å². The molecule has 6 heteroatoms. The smallest absolute Gasteiger partial charge is 0.237 e. The largest absolute Gasteiger partial charge is 0.313 e. The Bertz CT molecular complexity index is 590. The van der Waals surface area contributed by atoms with Crippen molar-refractivity contribution >= 4 is 16.1 Å². The van der Waals surface area contributed by atoms with Gasteiger partial charge >= 0.3 is 0 Å². The predicted octanol–water partition coefficient (Wildman–Crippen LogP) is 0.784. The van der Waals surface area contributed by atoms with Crippen LogP contribution in [0.15, 0.2) is 35.7 Å². The molecule has 0 spiro atoms. The number of nitriles is 1. The molecule has 5 nitrogen and oxygen atoms in total. The summed E-state index contributed by atoms with van der Waals surface area (Å²) in [6.45, 7) is 1.26. The fourth-order valence-electron chi connectivity index (χ4n) is 1.91. The Morgan fingerprint density at radius 3 is 2.79 bits per heavy atom. The number of piperazine rings is 1. The standard InChI is InChI=1S/C13H15N3O2S/c14-10-13-11-15-7-8-16(13)19(17,18)9-6-12-4-2-1-3-5-12/h1-6,9,13,15H,7-8,11H2. The number of hydrogen-bond donors (Lipinski definition) is 1. The number of sulfonamides is 1. The van der Waals surface area contributed by atoms with Gasteiger partial charge in [0.05, 0.1) is 6.07 Å². The number of nitrogens with zero attached hydrogens (tertiary/aromatic N) is 2. The summed E-state index contributed by atoms with van der Waals surface area (Å²) >= 11 is 0. The van der Waals surface area contributed by atoms with E-state index in [1.165, 1.54) is 4.31 Å². The van der Waals surface area contributed by atoms with Gasteiger partial charge in [0, 0.05) is 25.0 Å². The van der Waals surface area contributed by atoms with E-state index >= 15 is 0 Å². The zero-order valence-electron chi connectivity index (χ0n) is 10.4. The lowest BCUT2D eigenvalue weighted by molar-refractivity contribution is 0.315. The lowest BCUT2D eigenvalue weighted by atomic mass is 10.2. The molecule has 0 aromatic heterocycles. The van der Waals surface area contributed by atoms with Crippen molar-refractivity contribution in [1.29, 1.82) is 5.26 Å². The minimum absolute atomic E-state index is 0.319. The van der Waals surface area contributed by atoms with Gasteiger partial charge in [-0.25, -0.2) is 8.42 Å². The molecule has 0 amide bonds. The molecule has 1 atom stereocenters. The van der Waals surface area contributed by atoms with Crippen molar-refractivity contribution in [1.82, 2.24) is 9.62 Å². The molecule has 1 aliphatic rings. The Morgan fingerprint density at radius 2 is 2.11 bits per heavy atom. The summed E-state index contributed by atoms with van der Waals surface area (Å²) in [5.41, 5.74) is 0.815. The third-order valence-corrected chi connectivity index (χ3v) is 4.47. The first kappa shape index (κ1) is 13.7. The van der Waals surface area contributed by atoms with Gasteiger partial charge in [-0.15, -0.1) is 0 Å². The lowest BCUT2D eigenvalue weighted by Crippen LogP contribution is -2.52. The fraction of sp³-hybridized carbons (Fsp3) is 0.308. The molecule has 1 aromatic carbocycles. The highest BCUT2D eigenvalue weighted by atomic mass is 32.2. The van der Waals surface area contributed by atoms with Gasteiger partial charge in [-0.1, -0.05) is 30.3 Å². The summed E-state index contributed by atoms with van der Waals surface area (Å²) < 4.78 is 25.6. The zero-order chi connectivity index (χ0) is 13.7. The molecule has 0 saturated carbocycles. The third-order valence-electron chi connectivity index (χ3n) is 2.90. The molecule has 2 rings (SSSR count). The molecule has 100 valence electrons. The van der Waals surface area contributed by atoms with Crippen molar-refractivity contribution < 1.29 is 8.42 Å². The van der Waals surface area contributed by atoms with Gasteiger partial charge in [-0.05, 0) is 11.6 Å². The molecule has 1 N–H and O–H groups in total. The number of benzene rings is 1. The Labute approximate surface area is 113 Å². The summed E-state index contributed by atoms with van der Waals surface area (Å²) in [5.74, 6) is 0. The first-order valence-corrected chi connectivity index (χ1v) is 7.49. The average molecular weight is 277 g/mol. The van der Waals surface area contributed by atoms with Crippen LogP contribution in [-0.2, 0) is 10.0 Å². The molecule has 0 aliphatic carbocycles. The van der Waals surface area contributed by atoms with E-state index in [9.17, 15) is 8.42 Å². The van der Waals surface area contributed by atoms with Crippen molar-refractivity contribution in [3.63, 3.8) is 0 Å². The van der Waals surface area contributed by atoms with Crippen molar-refractivity contribution in [2.45, 2.75) is 6.04 Å². The van der Waals surface area contributed by atoms with Gasteiger partial charge < -0.3 is 5.32 Å². The molecule has 0 bridgehead atoms. The van der Waals surface area contributed by atoms with Crippen LogP contribution in [0.5, 0.6) is 0 Å². The second-order valence-corrected chi connectivity index (χ2v) is 5.99. The molecule has 1 aromatic rings. The van der Waals surface area contributed by atoms with Gasteiger partial charge in [-0.3, -0.25) is 0 Å². The highest BCUT2D eigenvalue weighted by molar-refractivity contribution is 7.92. The molecule has 1 fully saturated rings. The van der Waals surface area contributed by atoms with E-state index in [1.54, 1.807) is 6.08 Å². The fourth-order valence-corrected chi connectivity index (χ4v) is 3.21. The van der Waals surface area contributed by atoms with Gasteiger partial charge in [0.15, 0.2) is 0 Å². The first-order valence-electron chi connectivity index (χ1n) is 5.99. The first-order chi connectivity index (χ1) is 9.13. The van der Waals surface area contributed by atoms with Gasteiger partial charge in [0.1, 0.15) is 6.04 Å². The second-order valence-electron chi connectivity index (χ2n) is 4.22. The van der Waals surface area contributed by atoms with Gasteiger partial charge in [0.2, 0.25) is 10.0 Å². The van der Waals surface area contributed by atoms with Gasteiger partial charge in [-0.2, -0.15) is 9.57 Å². The van der Waals surface area contributed by atoms with Crippen LogP contribution >= 0.6 is 0 Å². The van der Waals surface area contributed by atoms with Crippen LogP contribution in [0.3, 0.4) is 0 Å². The summed E-state index contributed by atoms with van der Waals surface area (Å²) in [7, 11) is -3.55. The van der Waals surface area contributed by atoms with Crippen molar-refractivity contribution in [2.24, 2.45) is 0 Å². The summed E-state index contributed by atoms with van der Waals surface area (Å²) in [5, 5.41) is 13.2. The average Bonchev–Trinajstić information content (AvgIpc) is 2.46. The molecule has 1 heterocycles. The minimum atomic E-state index is -3.55. The van der Waals surface area contributed by atoms with E-state index in [1.807, 2.05) is 36.4 Å². The molecular weight excluding hydrogens is 262 g/mol. The SMILES string of the molecule is N#CC1CNCCN1S(=O)(=O)C=Cc1ccccc1. The van der Waals surface area contributed by atoms with E-state index in [-0.39, 0.29) is 0 Å². The molecule has 1 aliphatic heterocycles. The van der Waals surface area contributed by atoms with Crippen molar-refractivity contribution in [3.05, 3.63) is 41.3 Å². The van der Waals surface area contributed by atoms with Crippen LogP contribution in [0.1, 0.15) is 5.56 Å². The summed E-state index contributed by atoms with van der Waals surface area (Å²) in [4.78, 5) is 0. The Hall–Kier alpha value is -1.68. The maximum atomic E-state index is 12.2. The summed E-state index contributed by atoms with van der Waals surface area (Å²) in [6, 6.07) is 10.6. The predicted molar refractivity (Wildman–Crippen MR) is 73.4 cm³/mol. The van der Waals surface area contributed by atoms with Crippen LogP contribution in [0.4, 0.5) is 0 Å². The van der Waals surface area contributed by atoms with Crippen LogP contribution in [0.25, 0.3) is 6.08 Å². The highest BCUT2D eigenvalue weighted by Gasteiger charge is 2.30. The molecule has 1 saturated heterocycles. The van der Waals surface area contributed by atoms with Crippen LogP contribution < -0.4 is 5.32 Å². The number of rotatable bonds is 3. The lowest BCUT2D eigenvalue weighted by Gasteiger charge is -2.29. The van der Waals surface area contributed by atoms with Gasteiger partial charge in [0.25, 0.3) is 0 Å². The Kier molecular flexibility index (Phi) is 4.32. The molecule has 1 unspecified atom stereocenters. The molecule has 19 heavy (non-hydrogen) atoms. The molecular formula is C13H15N3O2S. The third kappa shape index (κ3) is 3.41. The minimum Gasteiger partial charge on any atom is -0.313 e. The van der Waals surface area contributed by atoms with E-state index in [2.05, 4.69) is 5.32 Å². The molecule has 0 radical (unpaired) electrons. The Morgan fingerprint density at radius 1 is 1.37 bits per heavy atom. The van der Waals surface area contributed by atoms with E-state index < -0.39 is 16.1 Å². The maximum Gasteiger partial charge on any atom is 0.237 e. The number of hydrogen-bond acceptors (Lipinski definition) is 4. The Balaban J connectivity index is 2.18.